The van der Waals surface area contributed by atoms with Crippen LogP contribution in [0.25, 0.3) is 0 Å². The van der Waals surface area contributed by atoms with Crippen LogP contribution in [0.5, 0.6) is 0 Å². The summed E-state index contributed by atoms with van der Waals surface area (Å²) in [6, 6.07) is 0. The van der Waals surface area contributed by atoms with Gasteiger partial charge < -0.3 is 4.74 Å². The largest absolute Gasteiger partial charge is 0.373 e. The molecule has 7 nitrogen and oxygen atoms in total. The second-order valence-electron chi connectivity index (χ2n) is 6.31. The van der Waals surface area contributed by atoms with Crippen molar-refractivity contribution in [3.63, 3.8) is 0 Å². The van der Waals surface area contributed by atoms with Crippen LogP contribution in [0.4, 0.5) is 0 Å². The van der Waals surface area contributed by atoms with E-state index in [0.29, 0.717) is 26.2 Å². The SMILES string of the molecule is C[C@@H]1CN(S(=O)(=O)N2CCC[C@H](c3cn[nH]c3)C2)C[C@@H](C)O1. The minimum Gasteiger partial charge on any atom is -0.373 e. The number of hydrogen-bond donors (Lipinski definition) is 1. The van der Waals surface area contributed by atoms with Gasteiger partial charge in [-0.15, -0.1) is 0 Å². The maximum absolute atomic E-state index is 12.9. The van der Waals surface area contributed by atoms with E-state index in [2.05, 4.69) is 10.2 Å². The van der Waals surface area contributed by atoms with Crippen LogP contribution in [0.3, 0.4) is 0 Å². The number of aromatic amines is 1. The molecule has 2 aliphatic rings. The third-order valence-corrected chi connectivity index (χ3v) is 6.35. The quantitative estimate of drug-likeness (QED) is 0.896. The first kappa shape index (κ1) is 15.9. The van der Waals surface area contributed by atoms with E-state index >= 15 is 0 Å². The summed E-state index contributed by atoms with van der Waals surface area (Å²) in [5, 5.41) is 6.79. The zero-order valence-electron chi connectivity index (χ0n) is 13.1. The molecule has 124 valence electrons. The normalized spacial score (nSPS) is 32.2. The van der Waals surface area contributed by atoms with Gasteiger partial charge in [0.15, 0.2) is 0 Å². The lowest BCUT2D eigenvalue weighted by Crippen LogP contribution is -2.54. The van der Waals surface area contributed by atoms with Crippen molar-refractivity contribution in [2.75, 3.05) is 26.2 Å². The summed E-state index contributed by atoms with van der Waals surface area (Å²) in [4.78, 5) is 0. The number of aromatic nitrogens is 2. The van der Waals surface area contributed by atoms with Gasteiger partial charge >= 0.3 is 0 Å². The fraction of sp³-hybridized carbons (Fsp3) is 0.786. The van der Waals surface area contributed by atoms with Gasteiger partial charge in [0, 0.05) is 38.3 Å². The van der Waals surface area contributed by atoms with E-state index in [-0.39, 0.29) is 18.1 Å². The molecule has 0 saturated carbocycles. The monoisotopic (exact) mass is 328 g/mol. The van der Waals surface area contributed by atoms with Crippen molar-refractivity contribution in [1.29, 1.82) is 0 Å². The van der Waals surface area contributed by atoms with Crippen molar-refractivity contribution in [2.24, 2.45) is 0 Å². The Bertz CT molecular complexity index is 579. The van der Waals surface area contributed by atoms with Gasteiger partial charge in [-0.1, -0.05) is 0 Å². The predicted octanol–water partition coefficient (Wildman–Crippen LogP) is 0.943. The minimum atomic E-state index is -3.42. The number of ether oxygens (including phenoxy) is 1. The van der Waals surface area contributed by atoms with Crippen LogP contribution in [0.15, 0.2) is 12.4 Å². The first-order chi connectivity index (χ1) is 10.5. The third-order valence-electron chi connectivity index (χ3n) is 4.41. The van der Waals surface area contributed by atoms with E-state index in [4.69, 9.17) is 4.74 Å². The van der Waals surface area contributed by atoms with E-state index in [1.807, 2.05) is 20.0 Å². The van der Waals surface area contributed by atoms with E-state index in [1.165, 1.54) is 0 Å². The van der Waals surface area contributed by atoms with Crippen LogP contribution < -0.4 is 0 Å². The molecule has 3 atom stereocenters. The zero-order valence-corrected chi connectivity index (χ0v) is 13.9. The molecule has 1 aromatic heterocycles. The van der Waals surface area contributed by atoms with E-state index < -0.39 is 10.2 Å². The lowest BCUT2D eigenvalue weighted by Gasteiger charge is -2.39. The van der Waals surface area contributed by atoms with Crippen LogP contribution >= 0.6 is 0 Å². The lowest BCUT2D eigenvalue weighted by atomic mass is 9.94. The van der Waals surface area contributed by atoms with Gasteiger partial charge in [-0.25, -0.2) is 0 Å². The summed E-state index contributed by atoms with van der Waals surface area (Å²) in [5.74, 6) is 0.221. The molecule has 8 heteroatoms. The second kappa shape index (κ2) is 6.27. The Labute approximate surface area is 131 Å². The number of nitrogens with one attached hydrogen (secondary N) is 1. The highest BCUT2D eigenvalue weighted by Crippen LogP contribution is 2.29. The van der Waals surface area contributed by atoms with Crippen molar-refractivity contribution in [3.05, 3.63) is 18.0 Å². The van der Waals surface area contributed by atoms with Gasteiger partial charge in [0.2, 0.25) is 0 Å². The van der Waals surface area contributed by atoms with Gasteiger partial charge in [0.25, 0.3) is 10.2 Å². The average Bonchev–Trinajstić information content (AvgIpc) is 3.00. The first-order valence-corrected chi connectivity index (χ1v) is 9.26. The molecule has 2 aliphatic heterocycles. The van der Waals surface area contributed by atoms with Crippen LogP contribution in [0, 0.1) is 0 Å². The van der Waals surface area contributed by atoms with Crippen molar-refractivity contribution in [3.8, 4) is 0 Å². The van der Waals surface area contributed by atoms with E-state index in [1.54, 1.807) is 14.8 Å². The maximum Gasteiger partial charge on any atom is 0.282 e. The Morgan fingerprint density at radius 1 is 1.23 bits per heavy atom. The molecular formula is C14H24N4O3S. The van der Waals surface area contributed by atoms with Crippen LogP contribution in [0.2, 0.25) is 0 Å². The summed E-state index contributed by atoms with van der Waals surface area (Å²) in [5.41, 5.74) is 1.09. The molecule has 1 aromatic rings. The molecule has 22 heavy (non-hydrogen) atoms. The number of nitrogens with zero attached hydrogens (tertiary/aromatic N) is 3. The number of piperidine rings is 1. The summed E-state index contributed by atoms with van der Waals surface area (Å²) in [6.45, 7) is 5.82. The molecule has 2 saturated heterocycles. The highest BCUT2D eigenvalue weighted by Gasteiger charge is 2.37. The highest BCUT2D eigenvalue weighted by molar-refractivity contribution is 7.86. The molecule has 0 radical (unpaired) electrons. The molecule has 0 aromatic carbocycles. The molecule has 0 unspecified atom stereocenters. The van der Waals surface area contributed by atoms with Crippen LogP contribution in [-0.2, 0) is 14.9 Å². The smallest absolute Gasteiger partial charge is 0.282 e. The number of hydrogen-bond acceptors (Lipinski definition) is 4. The maximum atomic E-state index is 12.9. The Kier molecular flexibility index (Phi) is 4.54. The van der Waals surface area contributed by atoms with Crippen molar-refractivity contribution < 1.29 is 13.2 Å². The number of rotatable bonds is 3. The van der Waals surface area contributed by atoms with Crippen LogP contribution in [-0.4, -0.2) is 65.6 Å². The summed E-state index contributed by atoms with van der Waals surface area (Å²) < 4.78 is 34.7. The van der Waals surface area contributed by atoms with Gasteiger partial charge in [0.05, 0.1) is 18.4 Å². The molecule has 0 aliphatic carbocycles. The number of H-pyrrole nitrogens is 1. The van der Waals surface area contributed by atoms with E-state index in [0.717, 1.165) is 18.4 Å². The Morgan fingerprint density at radius 3 is 2.59 bits per heavy atom. The van der Waals surface area contributed by atoms with Gasteiger partial charge in [-0.2, -0.15) is 22.1 Å². The summed E-state index contributed by atoms with van der Waals surface area (Å²) >= 11 is 0. The number of morpholine rings is 1. The molecule has 0 spiro atoms. The standard InChI is InChI=1S/C14H24N4O3S/c1-11-8-18(9-12(2)21-11)22(19,20)17-5-3-4-13(10-17)14-6-15-16-7-14/h6-7,11-13H,3-5,8-10H2,1-2H3,(H,15,16)/t11-,12-,13+/m1/s1. The highest BCUT2D eigenvalue weighted by atomic mass is 32.2. The molecule has 0 bridgehead atoms. The Hall–Kier alpha value is -0.960. The summed E-state index contributed by atoms with van der Waals surface area (Å²) in [6.07, 6.45) is 5.41. The van der Waals surface area contributed by atoms with Crippen molar-refractivity contribution in [2.45, 2.75) is 44.8 Å². The molecule has 3 heterocycles. The predicted molar refractivity (Wildman–Crippen MR) is 82.6 cm³/mol. The molecule has 3 rings (SSSR count). The second-order valence-corrected chi connectivity index (χ2v) is 8.24. The fourth-order valence-corrected chi connectivity index (χ4v) is 5.24. The lowest BCUT2D eigenvalue weighted by molar-refractivity contribution is -0.0456. The third kappa shape index (κ3) is 3.19. The Morgan fingerprint density at radius 2 is 1.95 bits per heavy atom. The first-order valence-electron chi connectivity index (χ1n) is 7.86. The van der Waals surface area contributed by atoms with E-state index in [9.17, 15) is 8.42 Å². The molecule has 1 N–H and O–H groups in total. The van der Waals surface area contributed by atoms with Gasteiger partial charge in [-0.3, -0.25) is 5.10 Å². The van der Waals surface area contributed by atoms with Gasteiger partial charge in [-0.05, 0) is 32.3 Å². The Balaban J connectivity index is 1.74. The molecular weight excluding hydrogens is 304 g/mol. The van der Waals surface area contributed by atoms with Crippen molar-refractivity contribution in [1.82, 2.24) is 18.8 Å². The minimum absolute atomic E-state index is 0.0620. The van der Waals surface area contributed by atoms with Crippen molar-refractivity contribution >= 4 is 10.2 Å². The average molecular weight is 328 g/mol. The molecule has 0 amide bonds. The fourth-order valence-electron chi connectivity index (χ4n) is 3.39. The topological polar surface area (TPSA) is 78.5 Å². The van der Waals surface area contributed by atoms with Gasteiger partial charge in [0.1, 0.15) is 0 Å². The summed E-state index contributed by atoms with van der Waals surface area (Å²) in [7, 11) is -3.42. The molecule has 2 fully saturated rings. The van der Waals surface area contributed by atoms with Crippen LogP contribution in [0.1, 0.15) is 38.2 Å². The zero-order chi connectivity index (χ0) is 15.7.